The van der Waals surface area contributed by atoms with Crippen molar-refractivity contribution in [3.8, 4) is 5.75 Å². The van der Waals surface area contributed by atoms with Gasteiger partial charge in [0.2, 0.25) is 0 Å². The third kappa shape index (κ3) is 3.55. The van der Waals surface area contributed by atoms with E-state index < -0.39 is 12.1 Å². The van der Waals surface area contributed by atoms with Gasteiger partial charge in [-0.05, 0) is 18.2 Å². The van der Waals surface area contributed by atoms with Crippen LogP contribution in [-0.2, 0) is 4.79 Å². The van der Waals surface area contributed by atoms with Crippen LogP contribution in [-0.4, -0.2) is 17.2 Å². The molecule has 0 aliphatic rings. The molecule has 0 aliphatic heterocycles. The van der Waals surface area contributed by atoms with Crippen molar-refractivity contribution >= 4 is 21.9 Å². The summed E-state index contributed by atoms with van der Waals surface area (Å²) < 4.78 is 6.26. The van der Waals surface area contributed by atoms with Crippen LogP contribution in [0.3, 0.4) is 0 Å². The molecule has 0 heterocycles. The summed E-state index contributed by atoms with van der Waals surface area (Å²) in [5.74, 6) is -0.447. The van der Waals surface area contributed by atoms with Crippen molar-refractivity contribution in [2.45, 2.75) is 20.0 Å². The fourth-order valence-electron chi connectivity index (χ4n) is 1.16. The van der Waals surface area contributed by atoms with E-state index in [0.717, 1.165) is 4.47 Å². The van der Waals surface area contributed by atoms with Crippen molar-refractivity contribution in [1.82, 2.24) is 0 Å². The summed E-state index contributed by atoms with van der Waals surface area (Å²) in [5.41, 5.74) is 0. The maximum Gasteiger partial charge on any atom is 0.345 e. The van der Waals surface area contributed by atoms with E-state index in [1.165, 1.54) is 0 Å². The summed E-state index contributed by atoms with van der Waals surface area (Å²) >= 11 is 3.30. The molecule has 0 aromatic heterocycles. The molecular weight excluding hydrogens is 260 g/mol. The van der Waals surface area contributed by atoms with Gasteiger partial charge in [-0.25, -0.2) is 4.79 Å². The van der Waals surface area contributed by atoms with Gasteiger partial charge in [-0.2, -0.15) is 0 Å². The van der Waals surface area contributed by atoms with Crippen LogP contribution in [0, 0.1) is 5.92 Å². The van der Waals surface area contributed by atoms with E-state index in [9.17, 15) is 4.79 Å². The van der Waals surface area contributed by atoms with Crippen molar-refractivity contribution in [1.29, 1.82) is 0 Å². The lowest BCUT2D eigenvalue weighted by Crippen LogP contribution is -2.32. The summed E-state index contributed by atoms with van der Waals surface area (Å²) in [6.45, 7) is 3.63. The molecule has 0 saturated carbocycles. The number of rotatable bonds is 4. The largest absolute Gasteiger partial charge is 0.478 e. The maximum atomic E-state index is 10.9. The van der Waals surface area contributed by atoms with Crippen molar-refractivity contribution in [3.05, 3.63) is 28.7 Å². The van der Waals surface area contributed by atoms with Gasteiger partial charge in [-0.3, -0.25) is 0 Å². The summed E-state index contributed by atoms with van der Waals surface area (Å²) in [6, 6.07) is 7.15. The second-order valence-corrected chi connectivity index (χ2v) is 4.49. The van der Waals surface area contributed by atoms with Crippen LogP contribution in [0.25, 0.3) is 0 Å². The Morgan fingerprint density at radius 2 is 2.13 bits per heavy atom. The van der Waals surface area contributed by atoms with Crippen LogP contribution >= 0.6 is 15.9 Å². The van der Waals surface area contributed by atoms with Crippen LogP contribution in [0.1, 0.15) is 13.8 Å². The molecule has 0 bridgehead atoms. The van der Waals surface area contributed by atoms with Gasteiger partial charge in [0, 0.05) is 10.4 Å². The van der Waals surface area contributed by atoms with E-state index in [0.29, 0.717) is 5.75 Å². The smallest absolute Gasteiger partial charge is 0.345 e. The van der Waals surface area contributed by atoms with Crippen molar-refractivity contribution in [2.24, 2.45) is 5.92 Å². The van der Waals surface area contributed by atoms with Gasteiger partial charge in [0.1, 0.15) is 5.75 Å². The predicted molar refractivity (Wildman–Crippen MR) is 61.0 cm³/mol. The molecule has 1 rings (SSSR count). The van der Waals surface area contributed by atoms with Crippen LogP contribution in [0.4, 0.5) is 0 Å². The maximum absolute atomic E-state index is 10.9. The van der Waals surface area contributed by atoms with Crippen molar-refractivity contribution in [2.75, 3.05) is 0 Å². The first kappa shape index (κ1) is 12.0. The molecule has 0 amide bonds. The number of ether oxygens (including phenoxy) is 1. The zero-order valence-corrected chi connectivity index (χ0v) is 10.2. The van der Waals surface area contributed by atoms with Crippen molar-refractivity contribution < 1.29 is 14.6 Å². The van der Waals surface area contributed by atoms with E-state index >= 15 is 0 Å². The first-order valence-corrected chi connectivity index (χ1v) is 5.45. The Hall–Kier alpha value is -1.03. The Balaban J connectivity index is 2.79. The molecular formula is C11H13BrO3. The quantitative estimate of drug-likeness (QED) is 0.917. The second-order valence-electron chi connectivity index (χ2n) is 3.58. The average Bonchev–Trinajstić information content (AvgIpc) is 2.13. The minimum Gasteiger partial charge on any atom is -0.478 e. The van der Waals surface area contributed by atoms with Crippen molar-refractivity contribution in [3.63, 3.8) is 0 Å². The van der Waals surface area contributed by atoms with Crippen LogP contribution < -0.4 is 4.74 Å². The molecule has 0 radical (unpaired) electrons. The molecule has 4 heteroatoms. The Kier molecular flexibility index (Phi) is 4.15. The van der Waals surface area contributed by atoms with Crippen LogP contribution in [0.5, 0.6) is 5.75 Å². The number of hydrogen-bond acceptors (Lipinski definition) is 2. The van der Waals surface area contributed by atoms with Crippen LogP contribution in [0.2, 0.25) is 0 Å². The van der Waals surface area contributed by atoms with Gasteiger partial charge in [0.15, 0.2) is 6.10 Å². The van der Waals surface area contributed by atoms with Gasteiger partial charge in [-0.1, -0.05) is 35.8 Å². The highest BCUT2D eigenvalue weighted by Gasteiger charge is 2.23. The minimum absolute atomic E-state index is 0.0681. The number of benzene rings is 1. The van der Waals surface area contributed by atoms with Gasteiger partial charge >= 0.3 is 5.97 Å². The minimum atomic E-state index is -0.940. The first-order chi connectivity index (χ1) is 7.00. The molecule has 1 aromatic carbocycles. The van der Waals surface area contributed by atoms with Gasteiger partial charge in [0.25, 0.3) is 0 Å². The fourth-order valence-corrected chi connectivity index (χ4v) is 1.54. The SMILES string of the molecule is CC(C)C(Oc1cccc(Br)c1)C(=O)O. The molecule has 0 aliphatic carbocycles. The summed E-state index contributed by atoms with van der Waals surface area (Å²) in [6.07, 6.45) is -0.806. The van der Waals surface area contributed by atoms with Gasteiger partial charge in [-0.15, -0.1) is 0 Å². The molecule has 1 aromatic rings. The first-order valence-electron chi connectivity index (χ1n) is 4.65. The van der Waals surface area contributed by atoms with Gasteiger partial charge in [0.05, 0.1) is 0 Å². The highest BCUT2D eigenvalue weighted by atomic mass is 79.9. The predicted octanol–water partition coefficient (Wildman–Crippen LogP) is 2.94. The number of carboxylic acid groups (broad SMARTS) is 1. The number of halogens is 1. The average molecular weight is 273 g/mol. The Bertz CT molecular complexity index is 349. The lowest BCUT2D eigenvalue weighted by Gasteiger charge is -2.18. The molecule has 0 saturated heterocycles. The third-order valence-corrected chi connectivity index (χ3v) is 2.40. The molecule has 0 fully saturated rings. The number of carboxylic acids is 1. The topological polar surface area (TPSA) is 46.5 Å². The second kappa shape index (κ2) is 5.16. The number of carbonyl (C=O) groups is 1. The van der Waals surface area contributed by atoms with E-state index in [1.807, 2.05) is 19.9 Å². The zero-order chi connectivity index (χ0) is 11.4. The third-order valence-electron chi connectivity index (χ3n) is 1.91. The number of aliphatic carboxylic acids is 1. The van der Waals surface area contributed by atoms with E-state index in [2.05, 4.69) is 15.9 Å². The summed E-state index contributed by atoms with van der Waals surface area (Å²) in [7, 11) is 0. The Morgan fingerprint density at radius 3 is 2.60 bits per heavy atom. The highest BCUT2D eigenvalue weighted by Crippen LogP contribution is 2.20. The standard InChI is InChI=1S/C11H13BrO3/c1-7(2)10(11(13)14)15-9-5-3-4-8(12)6-9/h3-7,10H,1-2H3,(H,13,14). The van der Waals surface area contributed by atoms with E-state index in [4.69, 9.17) is 9.84 Å². The molecule has 0 spiro atoms. The number of hydrogen-bond donors (Lipinski definition) is 1. The lowest BCUT2D eigenvalue weighted by atomic mass is 10.1. The Labute approximate surface area is 97.2 Å². The van der Waals surface area contributed by atoms with Gasteiger partial charge < -0.3 is 9.84 Å². The summed E-state index contributed by atoms with van der Waals surface area (Å²) in [5, 5.41) is 8.94. The molecule has 3 nitrogen and oxygen atoms in total. The monoisotopic (exact) mass is 272 g/mol. The van der Waals surface area contributed by atoms with E-state index in [-0.39, 0.29) is 5.92 Å². The molecule has 1 atom stereocenters. The molecule has 15 heavy (non-hydrogen) atoms. The summed E-state index contributed by atoms with van der Waals surface area (Å²) in [4.78, 5) is 10.9. The lowest BCUT2D eigenvalue weighted by molar-refractivity contribution is -0.147. The van der Waals surface area contributed by atoms with E-state index in [1.54, 1.807) is 18.2 Å². The molecule has 1 N–H and O–H groups in total. The highest BCUT2D eigenvalue weighted by molar-refractivity contribution is 9.10. The normalized spacial score (nSPS) is 12.5. The Morgan fingerprint density at radius 1 is 1.47 bits per heavy atom. The fraction of sp³-hybridized carbons (Fsp3) is 0.364. The van der Waals surface area contributed by atoms with Crippen LogP contribution in [0.15, 0.2) is 28.7 Å². The zero-order valence-electron chi connectivity index (χ0n) is 8.61. The molecule has 82 valence electrons. The molecule has 1 unspecified atom stereocenters.